The van der Waals surface area contributed by atoms with Crippen molar-refractivity contribution in [3.8, 4) is 0 Å². The molecule has 0 saturated carbocycles. The third kappa shape index (κ3) is 4.38. The summed E-state index contributed by atoms with van der Waals surface area (Å²) in [6.07, 6.45) is 4.03. The fraction of sp³-hybridized carbons (Fsp3) is 0.647. The topological polar surface area (TPSA) is 38.3 Å². The molecule has 0 heterocycles. The van der Waals surface area contributed by atoms with E-state index in [9.17, 15) is 4.21 Å². The largest absolute Gasteiger partial charge is 0.385 e. The second-order valence-corrected chi connectivity index (χ2v) is 7.41. The van der Waals surface area contributed by atoms with Crippen molar-refractivity contribution < 1.29 is 8.95 Å². The van der Waals surface area contributed by atoms with E-state index in [0.717, 1.165) is 38.0 Å². The lowest BCUT2D eigenvalue weighted by molar-refractivity contribution is 0.200. The van der Waals surface area contributed by atoms with Crippen molar-refractivity contribution in [1.82, 2.24) is 5.32 Å². The van der Waals surface area contributed by atoms with Gasteiger partial charge in [0.2, 0.25) is 0 Å². The van der Waals surface area contributed by atoms with E-state index in [-0.39, 0.29) is 11.3 Å². The summed E-state index contributed by atoms with van der Waals surface area (Å²) in [6, 6.07) is 8.83. The highest BCUT2D eigenvalue weighted by Gasteiger charge is 2.32. The van der Waals surface area contributed by atoms with Crippen LogP contribution in [0.5, 0.6) is 0 Å². The van der Waals surface area contributed by atoms with E-state index in [1.165, 1.54) is 11.1 Å². The zero-order valence-electron chi connectivity index (χ0n) is 13.1. The Labute approximate surface area is 130 Å². The molecular weight excluding hydrogens is 282 g/mol. The van der Waals surface area contributed by atoms with Gasteiger partial charge in [-0.25, -0.2) is 0 Å². The molecule has 2 rings (SSSR count). The van der Waals surface area contributed by atoms with E-state index < -0.39 is 10.8 Å². The molecule has 0 radical (unpaired) electrons. The molecular formula is C17H27NO2S. The van der Waals surface area contributed by atoms with Crippen LogP contribution in [0, 0.1) is 0 Å². The van der Waals surface area contributed by atoms with Gasteiger partial charge in [0, 0.05) is 36.3 Å². The van der Waals surface area contributed by atoms with Crippen molar-refractivity contribution in [3.63, 3.8) is 0 Å². The first-order valence-corrected chi connectivity index (χ1v) is 9.33. The van der Waals surface area contributed by atoms with Crippen LogP contribution in [0.2, 0.25) is 0 Å². The van der Waals surface area contributed by atoms with Crippen molar-refractivity contribution in [2.45, 2.75) is 43.9 Å². The molecule has 1 aliphatic carbocycles. The van der Waals surface area contributed by atoms with Gasteiger partial charge in [-0.05, 0) is 43.4 Å². The van der Waals surface area contributed by atoms with E-state index in [0.29, 0.717) is 6.61 Å². The first-order valence-electron chi connectivity index (χ1n) is 7.95. The van der Waals surface area contributed by atoms with Gasteiger partial charge < -0.3 is 10.1 Å². The Morgan fingerprint density at radius 1 is 1.38 bits per heavy atom. The predicted octanol–water partition coefficient (Wildman–Crippen LogP) is 2.83. The lowest BCUT2D eigenvalue weighted by Gasteiger charge is -2.34. The van der Waals surface area contributed by atoms with Crippen molar-refractivity contribution in [2.75, 3.05) is 26.0 Å². The Kier molecular flexibility index (Phi) is 6.87. The highest BCUT2D eigenvalue weighted by Crippen LogP contribution is 2.33. The van der Waals surface area contributed by atoms with Crippen LogP contribution in [0.15, 0.2) is 24.3 Å². The fourth-order valence-corrected chi connectivity index (χ4v) is 4.68. The maximum Gasteiger partial charge on any atom is 0.0546 e. The SMILES string of the molecule is CCCNC1c2ccccc2CCC1S(=O)CCCOC. The molecule has 1 aromatic carbocycles. The molecule has 1 aliphatic rings. The number of hydrogen-bond acceptors (Lipinski definition) is 3. The van der Waals surface area contributed by atoms with Gasteiger partial charge in [-0.1, -0.05) is 31.2 Å². The molecule has 0 saturated heterocycles. The maximum atomic E-state index is 12.7. The third-order valence-electron chi connectivity index (χ3n) is 4.11. The van der Waals surface area contributed by atoms with E-state index in [1.54, 1.807) is 7.11 Å². The normalized spacial score (nSPS) is 22.8. The third-order valence-corrected chi connectivity index (χ3v) is 5.98. The first kappa shape index (κ1) is 16.7. The lowest BCUT2D eigenvalue weighted by atomic mass is 9.87. The molecule has 21 heavy (non-hydrogen) atoms. The minimum Gasteiger partial charge on any atom is -0.385 e. The summed E-state index contributed by atoms with van der Waals surface area (Å²) in [4.78, 5) is 0. The number of rotatable bonds is 8. The van der Waals surface area contributed by atoms with Crippen LogP contribution in [0.25, 0.3) is 0 Å². The Balaban J connectivity index is 2.11. The van der Waals surface area contributed by atoms with Crippen LogP contribution < -0.4 is 5.32 Å². The Morgan fingerprint density at radius 3 is 2.95 bits per heavy atom. The molecule has 0 aromatic heterocycles. The van der Waals surface area contributed by atoms with Gasteiger partial charge in [-0.15, -0.1) is 0 Å². The zero-order chi connectivity index (χ0) is 15.1. The molecule has 118 valence electrons. The van der Waals surface area contributed by atoms with Crippen molar-refractivity contribution in [1.29, 1.82) is 0 Å². The highest BCUT2D eigenvalue weighted by atomic mass is 32.2. The quantitative estimate of drug-likeness (QED) is 0.751. The highest BCUT2D eigenvalue weighted by molar-refractivity contribution is 7.85. The van der Waals surface area contributed by atoms with Gasteiger partial charge in [0.1, 0.15) is 0 Å². The van der Waals surface area contributed by atoms with Crippen molar-refractivity contribution in [2.24, 2.45) is 0 Å². The van der Waals surface area contributed by atoms with Gasteiger partial charge in [0.05, 0.1) is 5.25 Å². The van der Waals surface area contributed by atoms with Crippen molar-refractivity contribution in [3.05, 3.63) is 35.4 Å². The summed E-state index contributed by atoms with van der Waals surface area (Å²) < 4.78 is 17.7. The molecule has 3 nitrogen and oxygen atoms in total. The minimum absolute atomic E-state index is 0.225. The summed E-state index contributed by atoms with van der Waals surface area (Å²) in [5, 5.41) is 3.85. The number of hydrogen-bond donors (Lipinski definition) is 1. The average molecular weight is 309 g/mol. The number of ether oxygens (including phenoxy) is 1. The number of nitrogens with one attached hydrogen (secondary N) is 1. The number of fused-ring (bicyclic) bond motifs is 1. The van der Waals surface area contributed by atoms with Crippen LogP contribution in [-0.4, -0.2) is 35.5 Å². The summed E-state index contributed by atoms with van der Waals surface area (Å²) in [5.41, 5.74) is 2.76. The monoisotopic (exact) mass is 309 g/mol. The molecule has 3 unspecified atom stereocenters. The van der Waals surface area contributed by atoms with E-state index in [2.05, 4.69) is 36.5 Å². The van der Waals surface area contributed by atoms with Gasteiger partial charge in [0.25, 0.3) is 0 Å². The Hall–Kier alpha value is -0.710. The second kappa shape index (κ2) is 8.66. The standard InChI is InChI=1S/C17H27NO2S/c1-3-11-18-17-15-8-5-4-7-14(15)9-10-16(17)21(19)13-6-12-20-2/h4-5,7-8,16-18H,3,6,9-13H2,1-2H3. The van der Waals surface area contributed by atoms with Crippen LogP contribution in [0.4, 0.5) is 0 Å². The van der Waals surface area contributed by atoms with Crippen LogP contribution >= 0.6 is 0 Å². The summed E-state index contributed by atoms with van der Waals surface area (Å²) in [5.74, 6) is 0.741. The van der Waals surface area contributed by atoms with Crippen LogP contribution in [0.1, 0.15) is 43.4 Å². The summed E-state index contributed by atoms with van der Waals surface area (Å²) in [6.45, 7) is 3.85. The van der Waals surface area contributed by atoms with E-state index in [1.807, 2.05) is 0 Å². The summed E-state index contributed by atoms with van der Waals surface area (Å²) in [7, 11) is 0.909. The van der Waals surface area contributed by atoms with Crippen molar-refractivity contribution >= 4 is 10.8 Å². The van der Waals surface area contributed by atoms with Crippen LogP contribution in [-0.2, 0) is 22.0 Å². The summed E-state index contributed by atoms with van der Waals surface area (Å²) >= 11 is 0. The Morgan fingerprint density at radius 2 is 2.19 bits per heavy atom. The van der Waals surface area contributed by atoms with E-state index in [4.69, 9.17) is 4.74 Å². The average Bonchev–Trinajstić information content (AvgIpc) is 2.52. The van der Waals surface area contributed by atoms with Gasteiger partial charge in [0.15, 0.2) is 0 Å². The first-order chi connectivity index (χ1) is 10.3. The molecule has 0 spiro atoms. The van der Waals surface area contributed by atoms with Crippen LogP contribution in [0.3, 0.4) is 0 Å². The Bertz CT molecular complexity index is 464. The number of aryl methyl sites for hydroxylation is 1. The zero-order valence-corrected chi connectivity index (χ0v) is 14.0. The minimum atomic E-state index is -0.791. The molecule has 0 amide bonds. The molecule has 4 heteroatoms. The number of benzene rings is 1. The molecule has 0 fully saturated rings. The molecule has 0 aliphatic heterocycles. The molecule has 1 N–H and O–H groups in total. The fourth-order valence-electron chi connectivity index (χ4n) is 3.05. The van der Waals surface area contributed by atoms with Gasteiger partial charge >= 0.3 is 0 Å². The number of methoxy groups -OCH3 is 1. The molecule has 3 atom stereocenters. The molecule has 1 aromatic rings. The van der Waals surface area contributed by atoms with Gasteiger partial charge in [-0.2, -0.15) is 0 Å². The predicted molar refractivity (Wildman–Crippen MR) is 89.1 cm³/mol. The smallest absolute Gasteiger partial charge is 0.0546 e. The maximum absolute atomic E-state index is 12.7. The van der Waals surface area contributed by atoms with E-state index >= 15 is 0 Å². The molecule has 0 bridgehead atoms. The lowest BCUT2D eigenvalue weighted by Crippen LogP contribution is -2.39. The second-order valence-electron chi connectivity index (χ2n) is 5.64. The van der Waals surface area contributed by atoms with Gasteiger partial charge in [-0.3, -0.25) is 4.21 Å².